The highest BCUT2D eigenvalue weighted by Crippen LogP contribution is 2.33. The van der Waals surface area contributed by atoms with Gasteiger partial charge in [-0.25, -0.2) is 13.4 Å². The Labute approximate surface area is 224 Å². The average molecular weight is 558 g/mol. The van der Waals surface area contributed by atoms with Crippen molar-refractivity contribution in [3.8, 4) is 12.3 Å². The number of thiophene rings is 1. The van der Waals surface area contributed by atoms with Crippen LogP contribution in [0.1, 0.15) is 34.1 Å². The number of terminal acetylenes is 1. The molecule has 1 atom stereocenters. The monoisotopic (exact) mass is 557 g/mol. The van der Waals surface area contributed by atoms with E-state index in [2.05, 4.69) is 10.9 Å². The maximum absolute atomic E-state index is 13.6. The molecule has 1 fully saturated rings. The van der Waals surface area contributed by atoms with Crippen LogP contribution < -0.4 is 0 Å². The fourth-order valence-electron chi connectivity index (χ4n) is 4.62. The highest BCUT2D eigenvalue weighted by atomic mass is 32.2. The van der Waals surface area contributed by atoms with Gasteiger partial charge in [0, 0.05) is 63.4 Å². The number of hydrogen-bond donors (Lipinski definition) is 1. The second kappa shape index (κ2) is 10.1. The van der Waals surface area contributed by atoms with E-state index in [4.69, 9.17) is 10.8 Å². The smallest absolute Gasteiger partial charge is 0.310 e. The van der Waals surface area contributed by atoms with E-state index in [1.165, 1.54) is 14.1 Å². The first-order valence-corrected chi connectivity index (χ1v) is 14.3. The van der Waals surface area contributed by atoms with Crippen LogP contribution in [0, 0.1) is 12.3 Å². The van der Waals surface area contributed by atoms with E-state index in [1.54, 1.807) is 38.4 Å². The number of benzene rings is 1. The van der Waals surface area contributed by atoms with Crippen molar-refractivity contribution in [2.45, 2.75) is 29.6 Å². The molecule has 2 aliphatic heterocycles. The number of piperazine rings is 1. The highest BCUT2D eigenvalue weighted by molar-refractivity contribution is 7.91. The minimum Gasteiger partial charge on any atom is -0.436 e. The SMILES string of the molecule is C#Cc1ccc2cc(S(=O)(=O)N3CCN(C(=O)c4nc5c(o4)CN(O)CC5)C(CC(=O)N(C)C)C3)sc2c1. The zero-order valence-electron chi connectivity index (χ0n) is 21.0. The molecule has 0 bridgehead atoms. The van der Waals surface area contributed by atoms with E-state index in [0.717, 1.165) is 26.5 Å². The van der Waals surface area contributed by atoms with Crippen LogP contribution in [0.3, 0.4) is 0 Å². The first kappa shape index (κ1) is 26.3. The number of rotatable bonds is 5. The van der Waals surface area contributed by atoms with Gasteiger partial charge in [-0.15, -0.1) is 17.8 Å². The van der Waals surface area contributed by atoms with Gasteiger partial charge < -0.3 is 19.4 Å². The number of hydroxylamine groups is 2. The van der Waals surface area contributed by atoms with E-state index in [1.807, 2.05) is 0 Å². The molecule has 200 valence electrons. The highest BCUT2D eigenvalue weighted by Gasteiger charge is 2.40. The molecule has 0 aliphatic carbocycles. The van der Waals surface area contributed by atoms with Gasteiger partial charge >= 0.3 is 5.91 Å². The quantitative estimate of drug-likeness (QED) is 0.469. The lowest BCUT2D eigenvalue weighted by atomic mass is 10.1. The van der Waals surface area contributed by atoms with Crippen LogP contribution in [-0.4, -0.2) is 95.9 Å². The van der Waals surface area contributed by atoms with Crippen molar-refractivity contribution in [1.29, 1.82) is 0 Å². The number of nitrogens with zero attached hydrogens (tertiary/aromatic N) is 5. The standard InChI is InChI=1S/C25H27N5O6S2/c1-4-16-5-6-17-12-23(37-21(17)11-16)38(34,35)29-9-10-30(18(14-29)13-22(31)27(2)3)25(32)24-26-19-7-8-28(33)15-20(19)36-24/h1,5-6,11-12,18,33H,7-10,13-15H2,2-3H3. The van der Waals surface area contributed by atoms with Crippen LogP contribution in [0.4, 0.5) is 0 Å². The lowest BCUT2D eigenvalue weighted by Gasteiger charge is -2.40. The van der Waals surface area contributed by atoms with Crippen LogP contribution in [0.2, 0.25) is 0 Å². The van der Waals surface area contributed by atoms with Crippen LogP contribution in [-0.2, 0) is 27.8 Å². The van der Waals surface area contributed by atoms with Crippen molar-refractivity contribution in [2.24, 2.45) is 0 Å². The predicted molar refractivity (Wildman–Crippen MR) is 139 cm³/mol. The molecule has 1 aromatic carbocycles. The Morgan fingerprint density at radius 3 is 2.79 bits per heavy atom. The fraction of sp³-hybridized carbons (Fsp3) is 0.400. The van der Waals surface area contributed by atoms with Gasteiger partial charge in [0.25, 0.3) is 15.9 Å². The van der Waals surface area contributed by atoms with E-state index in [0.29, 0.717) is 30.0 Å². The zero-order valence-corrected chi connectivity index (χ0v) is 22.6. The van der Waals surface area contributed by atoms with Crippen LogP contribution in [0.25, 0.3) is 10.1 Å². The Balaban J connectivity index is 1.41. The topological polar surface area (TPSA) is 128 Å². The van der Waals surface area contributed by atoms with Gasteiger partial charge in [-0.3, -0.25) is 9.59 Å². The molecule has 2 amide bonds. The third-order valence-electron chi connectivity index (χ3n) is 6.77. The van der Waals surface area contributed by atoms with Crippen molar-refractivity contribution < 1.29 is 27.6 Å². The molecule has 1 N–H and O–H groups in total. The summed E-state index contributed by atoms with van der Waals surface area (Å²) in [5, 5.41) is 11.6. The molecular formula is C25H27N5O6S2. The Hall–Kier alpha value is -3.28. The second-order valence-corrected chi connectivity index (χ2v) is 12.7. The number of sulfonamides is 1. The van der Waals surface area contributed by atoms with Crippen LogP contribution >= 0.6 is 11.3 Å². The van der Waals surface area contributed by atoms with E-state index < -0.39 is 22.0 Å². The molecule has 11 nitrogen and oxygen atoms in total. The summed E-state index contributed by atoms with van der Waals surface area (Å²) < 4.78 is 35.2. The molecule has 0 radical (unpaired) electrons. The molecule has 38 heavy (non-hydrogen) atoms. The van der Waals surface area contributed by atoms with Gasteiger partial charge in [0.05, 0.1) is 18.3 Å². The minimum absolute atomic E-state index is 0.0510. The van der Waals surface area contributed by atoms with E-state index in [-0.39, 0.29) is 48.6 Å². The number of fused-ring (bicyclic) bond motifs is 2. The summed E-state index contributed by atoms with van der Waals surface area (Å²) in [6.07, 6.45) is 5.86. The molecule has 13 heteroatoms. The summed E-state index contributed by atoms with van der Waals surface area (Å²) in [5.41, 5.74) is 1.27. The molecule has 2 aromatic heterocycles. The summed E-state index contributed by atoms with van der Waals surface area (Å²) >= 11 is 1.14. The molecule has 1 unspecified atom stereocenters. The molecule has 0 saturated carbocycles. The number of carbonyl (C=O) groups is 2. The van der Waals surface area contributed by atoms with Gasteiger partial charge in [-0.05, 0) is 23.6 Å². The van der Waals surface area contributed by atoms with Gasteiger partial charge in [0.2, 0.25) is 5.91 Å². The molecule has 0 spiro atoms. The summed E-state index contributed by atoms with van der Waals surface area (Å²) in [6, 6.07) is 6.23. The van der Waals surface area contributed by atoms with Crippen molar-refractivity contribution in [1.82, 2.24) is 24.2 Å². The Morgan fingerprint density at radius 1 is 1.26 bits per heavy atom. The number of amides is 2. The van der Waals surface area contributed by atoms with Gasteiger partial charge in [-0.2, -0.15) is 9.37 Å². The summed E-state index contributed by atoms with van der Waals surface area (Å²) in [5.74, 6) is 2.10. The summed E-state index contributed by atoms with van der Waals surface area (Å²) in [7, 11) is -0.675. The molecule has 5 rings (SSSR count). The van der Waals surface area contributed by atoms with Crippen molar-refractivity contribution in [3.05, 3.63) is 47.2 Å². The van der Waals surface area contributed by atoms with Crippen molar-refractivity contribution >= 4 is 43.3 Å². The predicted octanol–water partition coefficient (Wildman–Crippen LogP) is 1.61. The molecule has 4 heterocycles. The van der Waals surface area contributed by atoms with Gasteiger partial charge in [0.15, 0.2) is 0 Å². The Kier molecular flexibility index (Phi) is 7.01. The fourth-order valence-corrected chi connectivity index (χ4v) is 7.68. The normalized spacial score (nSPS) is 18.8. The van der Waals surface area contributed by atoms with Gasteiger partial charge in [0.1, 0.15) is 9.97 Å². The first-order chi connectivity index (χ1) is 18.1. The number of hydrogen-bond acceptors (Lipinski definition) is 9. The number of aromatic nitrogens is 1. The lowest BCUT2D eigenvalue weighted by Crippen LogP contribution is -2.57. The Morgan fingerprint density at radius 2 is 2.05 bits per heavy atom. The molecular weight excluding hydrogens is 530 g/mol. The minimum atomic E-state index is -3.89. The maximum atomic E-state index is 13.6. The zero-order chi connectivity index (χ0) is 27.2. The van der Waals surface area contributed by atoms with Crippen LogP contribution in [0.5, 0.6) is 0 Å². The van der Waals surface area contributed by atoms with E-state index >= 15 is 0 Å². The third kappa shape index (κ3) is 4.93. The third-order valence-corrected chi connectivity index (χ3v) is 10.2. The van der Waals surface area contributed by atoms with Crippen molar-refractivity contribution in [3.63, 3.8) is 0 Å². The molecule has 1 saturated heterocycles. The average Bonchev–Trinajstić information content (AvgIpc) is 3.52. The Bertz CT molecular complexity index is 1550. The van der Waals surface area contributed by atoms with Crippen LogP contribution in [0.15, 0.2) is 32.9 Å². The second-order valence-electron chi connectivity index (χ2n) is 9.50. The van der Waals surface area contributed by atoms with Crippen molar-refractivity contribution in [2.75, 3.05) is 40.3 Å². The molecule has 3 aromatic rings. The lowest BCUT2D eigenvalue weighted by molar-refractivity contribution is -0.130. The van der Waals surface area contributed by atoms with Gasteiger partial charge in [-0.1, -0.05) is 12.0 Å². The summed E-state index contributed by atoms with van der Waals surface area (Å²) in [4.78, 5) is 33.3. The first-order valence-electron chi connectivity index (χ1n) is 12.0. The number of carbonyl (C=O) groups excluding carboxylic acids is 2. The van der Waals surface area contributed by atoms with E-state index in [9.17, 15) is 23.2 Å². The summed E-state index contributed by atoms with van der Waals surface area (Å²) in [6.45, 7) is 0.570. The largest absolute Gasteiger partial charge is 0.436 e. The number of oxazole rings is 1. The maximum Gasteiger partial charge on any atom is 0.310 e. The molecule has 2 aliphatic rings.